The van der Waals surface area contributed by atoms with E-state index in [9.17, 15) is 9.36 Å². The number of aliphatic carboxylic acids is 1. The van der Waals surface area contributed by atoms with E-state index < -0.39 is 12.0 Å². The first-order chi connectivity index (χ1) is 5.25. The van der Waals surface area contributed by atoms with Crippen LogP contribution in [0.1, 0.15) is 12.8 Å². The van der Waals surface area contributed by atoms with Crippen molar-refractivity contribution < 1.29 is 14.5 Å². The summed E-state index contributed by atoms with van der Waals surface area (Å²) in [7, 11) is -0.242. The molecule has 1 aliphatic rings. The molecule has 0 aromatic heterocycles. The third-order valence-corrected chi connectivity index (χ3v) is 2.05. The molecule has 0 aliphatic carbocycles. The number of carboxylic acid groups (broad SMARTS) is 1. The van der Waals surface area contributed by atoms with Gasteiger partial charge in [-0.05, 0) is 0 Å². The van der Waals surface area contributed by atoms with Crippen molar-refractivity contribution in [1.29, 1.82) is 0 Å². The van der Waals surface area contributed by atoms with Crippen molar-refractivity contribution in [3.8, 4) is 5.75 Å². The van der Waals surface area contributed by atoms with Crippen molar-refractivity contribution in [2.75, 3.05) is 6.54 Å². The second-order valence-electron chi connectivity index (χ2n) is 2.38. The van der Waals surface area contributed by atoms with Gasteiger partial charge < -0.3 is 0 Å². The summed E-state index contributed by atoms with van der Waals surface area (Å²) in [6.45, 7) is 0.645. The van der Waals surface area contributed by atoms with Crippen molar-refractivity contribution in [3.05, 3.63) is 0 Å². The summed E-state index contributed by atoms with van der Waals surface area (Å²) in [5.74, 6) is 1.58. The second kappa shape index (κ2) is 3.72. The number of carbonyl (C=O) groups is 1. The average Bonchev–Trinajstić information content (AvgIpc) is 2.36. The predicted octanol–water partition coefficient (Wildman–Crippen LogP) is 0.744. The Hall–Kier alpha value is -0.560. The Bertz CT molecular complexity index is 258. The minimum atomic E-state index is -0.862. The molecule has 11 heavy (non-hydrogen) atoms. The molecule has 4 nitrogen and oxygen atoms in total. The van der Waals surface area contributed by atoms with Crippen LogP contribution in [-0.4, -0.2) is 28.6 Å². The molecule has 1 rings (SSSR count). The standard InChI is InChI=1S/C6H8NO3P/c8-6(9)5-2-1-3-7(5)4-11-10/h5H,1-3H2,(H,8,9)/t5-/m0/s1. The summed E-state index contributed by atoms with van der Waals surface area (Å²) in [4.78, 5) is 12.0. The van der Waals surface area contributed by atoms with Gasteiger partial charge in [0.25, 0.3) is 0 Å². The second-order valence-corrected chi connectivity index (χ2v) is 2.76. The Morgan fingerprint density at radius 2 is 2.45 bits per heavy atom. The summed E-state index contributed by atoms with van der Waals surface area (Å²) in [6, 6.07) is -0.517. The van der Waals surface area contributed by atoms with E-state index in [1.54, 1.807) is 0 Å². The molecule has 0 amide bonds. The Kier molecular flexibility index (Phi) is 2.89. The number of hydrogen-bond acceptors (Lipinski definition) is 3. The third-order valence-electron chi connectivity index (χ3n) is 1.71. The monoisotopic (exact) mass is 173 g/mol. The molecular formula is C6H8NO3P. The number of carboxylic acids is 1. The van der Waals surface area contributed by atoms with Crippen molar-refractivity contribution >= 4 is 13.9 Å². The Labute approximate surface area is 65.3 Å². The summed E-state index contributed by atoms with van der Waals surface area (Å²) in [5, 5.41) is 8.62. The number of rotatable bonds is 1. The first-order valence-electron chi connectivity index (χ1n) is 3.33. The van der Waals surface area contributed by atoms with E-state index in [2.05, 4.69) is 5.75 Å². The van der Waals surface area contributed by atoms with Crippen LogP contribution in [0.15, 0.2) is 0 Å². The fourth-order valence-electron chi connectivity index (χ4n) is 1.20. The maximum atomic E-state index is 10.5. The predicted molar refractivity (Wildman–Crippen MR) is 38.9 cm³/mol. The van der Waals surface area contributed by atoms with E-state index in [-0.39, 0.29) is 7.92 Å². The first-order valence-corrected chi connectivity index (χ1v) is 4.14. The molecule has 0 bridgehead atoms. The van der Waals surface area contributed by atoms with Crippen molar-refractivity contribution in [2.24, 2.45) is 0 Å². The van der Waals surface area contributed by atoms with Crippen molar-refractivity contribution in [3.63, 3.8) is 0 Å². The fourth-order valence-corrected chi connectivity index (χ4v) is 1.54. The van der Waals surface area contributed by atoms with Gasteiger partial charge in [-0.3, -0.25) is 0 Å². The molecule has 1 N–H and O–H groups in total. The van der Waals surface area contributed by atoms with Crippen LogP contribution in [0.4, 0.5) is 0 Å². The molecule has 0 aromatic rings. The van der Waals surface area contributed by atoms with Gasteiger partial charge in [0, 0.05) is 0 Å². The van der Waals surface area contributed by atoms with Crippen LogP contribution < -0.4 is 0 Å². The summed E-state index contributed by atoms with van der Waals surface area (Å²) in [6.07, 6.45) is 1.46. The van der Waals surface area contributed by atoms with E-state index in [0.717, 1.165) is 6.42 Å². The zero-order valence-corrected chi connectivity index (χ0v) is 6.75. The van der Waals surface area contributed by atoms with Gasteiger partial charge in [0.2, 0.25) is 0 Å². The zero-order chi connectivity index (χ0) is 8.27. The Balaban J connectivity index is 2.70. The van der Waals surface area contributed by atoms with E-state index in [1.807, 2.05) is 0 Å². The van der Waals surface area contributed by atoms with Gasteiger partial charge in [0.15, 0.2) is 0 Å². The summed E-state index contributed by atoms with van der Waals surface area (Å²) >= 11 is 0. The molecule has 0 radical (unpaired) electrons. The van der Waals surface area contributed by atoms with Crippen LogP contribution in [-0.2, 0) is 9.36 Å². The molecule has 1 aliphatic heterocycles. The van der Waals surface area contributed by atoms with Crippen LogP contribution in [0.25, 0.3) is 0 Å². The number of hydrogen-bond donors (Lipinski definition) is 1. The minimum absolute atomic E-state index is 0.242. The number of nitrogens with zero attached hydrogens (tertiary/aromatic N) is 1. The average molecular weight is 173 g/mol. The van der Waals surface area contributed by atoms with Gasteiger partial charge in [-0.15, -0.1) is 0 Å². The van der Waals surface area contributed by atoms with E-state index in [1.165, 1.54) is 4.90 Å². The Morgan fingerprint density at radius 1 is 1.73 bits per heavy atom. The van der Waals surface area contributed by atoms with Gasteiger partial charge in [-0.2, -0.15) is 0 Å². The molecule has 0 unspecified atom stereocenters. The quantitative estimate of drug-likeness (QED) is 0.594. The zero-order valence-electron chi connectivity index (χ0n) is 5.86. The Morgan fingerprint density at radius 3 is 3.00 bits per heavy atom. The molecule has 0 aromatic carbocycles. The maximum absolute atomic E-state index is 10.5. The normalized spacial score (nSPS) is 24.5. The molecule has 1 heterocycles. The first kappa shape index (κ1) is 8.54. The number of likely N-dealkylation sites (tertiary alicyclic amines) is 1. The van der Waals surface area contributed by atoms with Crippen molar-refractivity contribution in [2.45, 2.75) is 18.9 Å². The molecule has 1 fully saturated rings. The molecule has 1 saturated heterocycles. The van der Waals surface area contributed by atoms with Gasteiger partial charge in [0.1, 0.15) is 0 Å². The molecular weight excluding hydrogens is 165 g/mol. The van der Waals surface area contributed by atoms with Gasteiger partial charge in [0.05, 0.1) is 0 Å². The molecule has 60 valence electrons. The van der Waals surface area contributed by atoms with E-state index in [4.69, 9.17) is 5.11 Å². The van der Waals surface area contributed by atoms with Gasteiger partial charge in [-0.1, -0.05) is 0 Å². The fraction of sp³-hybridized carbons (Fsp3) is 0.667. The summed E-state index contributed by atoms with van der Waals surface area (Å²) in [5.41, 5.74) is 0. The van der Waals surface area contributed by atoms with Crippen LogP contribution >= 0.6 is 7.92 Å². The van der Waals surface area contributed by atoms with Crippen molar-refractivity contribution in [1.82, 2.24) is 4.90 Å². The third kappa shape index (κ3) is 1.93. The van der Waals surface area contributed by atoms with Gasteiger partial charge in [-0.25, -0.2) is 0 Å². The molecule has 1 atom stereocenters. The van der Waals surface area contributed by atoms with Crippen LogP contribution in [0.5, 0.6) is 0 Å². The van der Waals surface area contributed by atoms with Crippen LogP contribution in [0, 0.1) is 5.75 Å². The van der Waals surface area contributed by atoms with Crippen LogP contribution in [0.2, 0.25) is 0 Å². The SMILES string of the molecule is O=P#CN1CCC[C@H]1C(=O)O. The van der Waals surface area contributed by atoms with Crippen LogP contribution in [0.3, 0.4) is 0 Å². The summed E-state index contributed by atoms with van der Waals surface area (Å²) < 4.78 is 10.1. The molecule has 0 spiro atoms. The molecule has 5 heteroatoms. The van der Waals surface area contributed by atoms with E-state index in [0.29, 0.717) is 13.0 Å². The molecule has 0 saturated carbocycles. The van der Waals surface area contributed by atoms with E-state index >= 15 is 0 Å². The topological polar surface area (TPSA) is 57.6 Å². The van der Waals surface area contributed by atoms with Gasteiger partial charge >= 0.3 is 64.4 Å².